The highest BCUT2D eigenvalue weighted by Crippen LogP contribution is 2.44. The lowest BCUT2D eigenvalue weighted by atomic mass is 9.63. The van der Waals surface area contributed by atoms with Crippen molar-refractivity contribution in [2.45, 2.75) is 58.5 Å². The molecule has 0 radical (unpaired) electrons. The number of rotatable bonds is 1. The summed E-state index contributed by atoms with van der Waals surface area (Å²) in [4.78, 5) is 13.8. The maximum absolute atomic E-state index is 12.1. The second kappa shape index (κ2) is 6.01. The first-order chi connectivity index (χ1) is 9.71. The van der Waals surface area contributed by atoms with Crippen LogP contribution in [0.5, 0.6) is 0 Å². The molecule has 2 N–H and O–H groups in total. The third kappa shape index (κ3) is 4.23. The van der Waals surface area contributed by atoms with Crippen LogP contribution in [0.4, 0.5) is 4.79 Å². The van der Waals surface area contributed by atoms with E-state index in [4.69, 9.17) is 4.74 Å². The molecule has 1 spiro atoms. The number of carbonyl (C=O) groups excluding carboxylic acids is 1. The third-order valence-corrected chi connectivity index (χ3v) is 4.55. The molecule has 0 bridgehead atoms. The SMILES string of the molecule is CC(C)(C)OC(=O)N1CCC2(CC=C(B(O)O)CC2)CC1. The monoisotopic (exact) mass is 295 g/mol. The fourth-order valence-electron chi connectivity index (χ4n) is 3.14. The van der Waals surface area contributed by atoms with Gasteiger partial charge in [-0.3, -0.25) is 0 Å². The maximum atomic E-state index is 12.1. The van der Waals surface area contributed by atoms with E-state index in [2.05, 4.69) is 0 Å². The largest absolute Gasteiger partial charge is 0.483 e. The molecule has 0 atom stereocenters. The Morgan fingerprint density at radius 1 is 1.29 bits per heavy atom. The number of nitrogens with zero attached hydrogens (tertiary/aromatic N) is 1. The number of likely N-dealkylation sites (tertiary alicyclic amines) is 1. The van der Waals surface area contributed by atoms with Gasteiger partial charge < -0.3 is 19.7 Å². The summed E-state index contributed by atoms with van der Waals surface area (Å²) in [5.74, 6) is 0. The average Bonchev–Trinajstić information content (AvgIpc) is 2.38. The van der Waals surface area contributed by atoms with Crippen LogP contribution in [-0.4, -0.2) is 46.9 Å². The van der Waals surface area contributed by atoms with E-state index in [1.54, 1.807) is 4.90 Å². The summed E-state index contributed by atoms with van der Waals surface area (Å²) in [7, 11) is -1.32. The van der Waals surface area contributed by atoms with Gasteiger partial charge in [-0.05, 0) is 63.8 Å². The highest BCUT2D eigenvalue weighted by Gasteiger charge is 2.38. The second-order valence-corrected chi connectivity index (χ2v) is 7.32. The van der Waals surface area contributed by atoms with Gasteiger partial charge in [0.25, 0.3) is 0 Å². The Kier molecular flexibility index (Phi) is 4.68. The Morgan fingerprint density at radius 3 is 2.33 bits per heavy atom. The highest BCUT2D eigenvalue weighted by molar-refractivity contribution is 6.50. The van der Waals surface area contributed by atoms with Crippen LogP contribution < -0.4 is 0 Å². The molecule has 0 aromatic rings. The van der Waals surface area contributed by atoms with Crippen LogP contribution in [0.3, 0.4) is 0 Å². The molecule has 1 aliphatic heterocycles. The van der Waals surface area contributed by atoms with Crippen molar-refractivity contribution in [2.24, 2.45) is 5.41 Å². The van der Waals surface area contributed by atoms with Gasteiger partial charge in [0.2, 0.25) is 0 Å². The van der Waals surface area contributed by atoms with E-state index < -0.39 is 12.7 Å². The van der Waals surface area contributed by atoms with E-state index >= 15 is 0 Å². The van der Waals surface area contributed by atoms with Gasteiger partial charge in [0.15, 0.2) is 0 Å². The second-order valence-electron chi connectivity index (χ2n) is 7.32. The number of hydrogen-bond donors (Lipinski definition) is 2. The Labute approximate surface area is 127 Å². The number of hydrogen-bond acceptors (Lipinski definition) is 4. The number of amides is 1. The predicted molar refractivity (Wildman–Crippen MR) is 81.6 cm³/mol. The van der Waals surface area contributed by atoms with E-state index in [9.17, 15) is 14.8 Å². The molecule has 2 rings (SSSR count). The van der Waals surface area contributed by atoms with Crippen LogP contribution in [0.15, 0.2) is 11.5 Å². The summed E-state index contributed by atoms with van der Waals surface area (Å²) >= 11 is 0. The number of ether oxygens (including phenoxy) is 1. The van der Waals surface area contributed by atoms with Gasteiger partial charge in [0.1, 0.15) is 5.60 Å². The predicted octanol–water partition coefficient (Wildman–Crippen LogP) is 2.13. The van der Waals surface area contributed by atoms with Crippen molar-refractivity contribution in [3.8, 4) is 0 Å². The first-order valence-electron chi connectivity index (χ1n) is 7.74. The molecular weight excluding hydrogens is 269 g/mol. The van der Waals surface area contributed by atoms with Crippen LogP contribution >= 0.6 is 0 Å². The normalized spacial score (nSPS) is 22.0. The van der Waals surface area contributed by atoms with Crippen LogP contribution in [0.2, 0.25) is 0 Å². The summed E-state index contributed by atoms with van der Waals surface area (Å²) < 4.78 is 5.41. The lowest BCUT2D eigenvalue weighted by molar-refractivity contribution is 0.00871. The molecule has 118 valence electrons. The molecule has 5 nitrogen and oxygen atoms in total. The van der Waals surface area contributed by atoms with Crippen LogP contribution in [0.1, 0.15) is 52.9 Å². The average molecular weight is 295 g/mol. The van der Waals surface area contributed by atoms with E-state index in [0.29, 0.717) is 0 Å². The molecule has 1 fully saturated rings. The zero-order valence-corrected chi connectivity index (χ0v) is 13.3. The number of carbonyl (C=O) groups is 1. The fraction of sp³-hybridized carbons (Fsp3) is 0.800. The summed E-state index contributed by atoms with van der Waals surface area (Å²) in [5, 5.41) is 18.4. The molecule has 2 aliphatic rings. The van der Waals surface area contributed by atoms with Crippen molar-refractivity contribution in [1.82, 2.24) is 4.90 Å². The minimum Gasteiger partial charge on any atom is -0.444 e. The molecule has 1 amide bonds. The van der Waals surface area contributed by atoms with E-state index in [-0.39, 0.29) is 11.5 Å². The van der Waals surface area contributed by atoms with Gasteiger partial charge in [-0.1, -0.05) is 6.08 Å². The van der Waals surface area contributed by atoms with E-state index in [1.807, 2.05) is 26.8 Å². The minimum absolute atomic E-state index is 0.219. The topological polar surface area (TPSA) is 70.0 Å². The van der Waals surface area contributed by atoms with Crippen molar-refractivity contribution >= 4 is 13.2 Å². The van der Waals surface area contributed by atoms with Crippen LogP contribution in [0.25, 0.3) is 0 Å². The molecule has 1 saturated heterocycles. The Morgan fingerprint density at radius 2 is 1.90 bits per heavy atom. The summed E-state index contributed by atoms with van der Waals surface area (Å²) in [6.45, 7) is 7.08. The molecular formula is C15H26BNO4. The molecule has 0 aromatic heterocycles. The Balaban J connectivity index is 1.88. The third-order valence-electron chi connectivity index (χ3n) is 4.55. The van der Waals surface area contributed by atoms with E-state index in [0.717, 1.165) is 50.7 Å². The molecule has 1 heterocycles. The number of piperidine rings is 1. The molecule has 1 aliphatic carbocycles. The van der Waals surface area contributed by atoms with Crippen LogP contribution in [-0.2, 0) is 4.74 Å². The van der Waals surface area contributed by atoms with Crippen molar-refractivity contribution in [1.29, 1.82) is 0 Å². The molecule has 0 saturated carbocycles. The zero-order valence-electron chi connectivity index (χ0n) is 13.3. The van der Waals surface area contributed by atoms with Crippen molar-refractivity contribution in [3.63, 3.8) is 0 Å². The zero-order chi connectivity index (χ0) is 15.7. The maximum Gasteiger partial charge on any atom is 0.483 e. The van der Waals surface area contributed by atoms with Gasteiger partial charge in [-0.2, -0.15) is 0 Å². The molecule has 6 heteroatoms. The summed E-state index contributed by atoms with van der Waals surface area (Å²) in [6.07, 6.45) is 6.24. The standard InChI is InChI=1S/C15H26BNO4/c1-14(2,3)21-13(18)17-10-8-15(9-11-17)6-4-12(5-7-15)16(19)20/h4,19-20H,5-11H2,1-3H3. The minimum atomic E-state index is -1.32. The van der Waals surface area contributed by atoms with Crippen LogP contribution in [0, 0.1) is 5.41 Å². The van der Waals surface area contributed by atoms with Gasteiger partial charge >= 0.3 is 13.2 Å². The Hall–Kier alpha value is -1.01. The van der Waals surface area contributed by atoms with Crippen molar-refractivity contribution in [3.05, 3.63) is 11.5 Å². The smallest absolute Gasteiger partial charge is 0.444 e. The summed E-state index contributed by atoms with van der Waals surface area (Å²) in [6, 6.07) is 0. The van der Waals surface area contributed by atoms with Gasteiger partial charge in [-0.25, -0.2) is 4.79 Å². The van der Waals surface area contributed by atoms with Gasteiger partial charge in [-0.15, -0.1) is 0 Å². The van der Waals surface area contributed by atoms with Crippen molar-refractivity contribution in [2.75, 3.05) is 13.1 Å². The van der Waals surface area contributed by atoms with Gasteiger partial charge in [0.05, 0.1) is 0 Å². The molecule has 21 heavy (non-hydrogen) atoms. The van der Waals surface area contributed by atoms with E-state index in [1.165, 1.54) is 0 Å². The van der Waals surface area contributed by atoms with Crippen molar-refractivity contribution < 1.29 is 19.6 Å². The Bertz CT molecular complexity index is 420. The lowest BCUT2D eigenvalue weighted by Gasteiger charge is -2.43. The molecule has 0 aromatic carbocycles. The summed E-state index contributed by atoms with van der Waals surface area (Å²) in [5.41, 5.74) is 0.498. The molecule has 0 unspecified atom stereocenters. The highest BCUT2D eigenvalue weighted by atomic mass is 16.6. The lowest BCUT2D eigenvalue weighted by Crippen LogP contribution is -2.45. The quantitative estimate of drug-likeness (QED) is 0.727. The fourth-order valence-corrected chi connectivity index (χ4v) is 3.14. The van der Waals surface area contributed by atoms with Gasteiger partial charge in [0, 0.05) is 13.1 Å². The number of allylic oxidation sites excluding steroid dienone is 2. The first kappa shape index (κ1) is 16.4. The first-order valence-corrected chi connectivity index (χ1v) is 7.74.